The number of aryl methyl sites for hydroxylation is 4. The van der Waals surface area contributed by atoms with Gasteiger partial charge in [-0.05, 0) is 73.6 Å². The molecule has 1 aliphatic rings. The van der Waals surface area contributed by atoms with Gasteiger partial charge in [-0.3, -0.25) is 9.59 Å². The van der Waals surface area contributed by atoms with Gasteiger partial charge in [-0.1, -0.05) is 12.1 Å². The normalized spacial score (nSPS) is 12.6. The number of carbonyl (C=O) groups excluding carboxylic acids is 2. The number of thiazole rings is 1. The molecule has 1 amide bonds. The molecule has 0 aliphatic heterocycles. The first kappa shape index (κ1) is 22.3. The number of amides is 1. The van der Waals surface area contributed by atoms with E-state index < -0.39 is 0 Å². The summed E-state index contributed by atoms with van der Waals surface area (Å²) >= 11 is 1.39. The lowest BCUT2D eigenvalue weighted by atomic mass is 10.0. The van der Waals surface area contributed by atoms with Crippen LogP contribution in [0.2, 0.25) is 0 Å². The van der Waals surface area contributed by atoms with Gasteiger partial charge in [0.05, 0.1) is 24.8 Å². The van der Waals surface area contributed by atoms with E-state index in [2.05, 4.69) is 22.4 Å². The van der Waals surface area contributed by atoms with Gasteiger partial charge in [-0.2, -0.15) is 0 Å². The smallest absolute Gasteiger partial charge is 0.310 e. The van der Waals surface area contributed by atoms with Crippen molar-refractivity contribution in [3.8, 4) is 0 Å². The Kier molecular flexibility index (Phi) is 6.20. The third kappa shape index (κ3) is 4.89. The number of anilines is 1. The molecule has 0 atom stereocenters. The molecular weight excluding hydrogens is 448 g/mol. The number of benzene rings is 2. The average molecular weight is 475 g/mol. The summed E-state index contributed by atoms with van der Waals surface area (Å²) in [6, 6.07) is 10.2. The van der Waals surface area contributed by atoms with E-state index in [4.69, 9.17) is 9.15 Å². The van der Waals surface area contributed by atoms with Gasteiger partial charge in [0.1, 0.15) is 17.2 Å². The number of fused-ring (bicyclic) bond motifs is 2. The molecule has 5 rings (SSSR count). The van der Waals surface area contributed by atoms with Gasteiger partial charge in [0, 0.05) is 22.0 Å². The number of furan rings is 1. The Hall–Kier alpha value is -3.45. The first-order valence-electron chi connectivity index (χ1n) is 11.4. The number of nitrogens with one attached hydrogen (secondary N) is 1. The predicted molar refractivity (Wildman–Crippen MR) is 132 cm³/mol. The minimum Gasteiger partial charge on any atom is -0.464 e. The second kappa shape index (κ2) is 9.43. The van der Waals surface area contributed by atoms with Gasteiger partial charge in [-0.15, -0.1) is 11.3 Å². The molecule has 34 heavy (non-hydrogen) atoms. The molecule has 2 aromatic carbocycles. The highest BCUT2D eigenvalue weighted by Crippen LogP contribution is 2.30. The lowest BCUT2D eigenvalue weighted by molar-refractivity contribution is -0.144. The maximum Gasteiger partial charge on any atom is 0.310 e. The summed E-state index contributed by atoms with van der Waals surface area (Å²) < 4.78 is 11.1. The number of carbonyl (C=O) groups is 2. The Morgan fingerprint density at radius 3 is 2.79 bits per heavy atom. The van der Waals surface area contributed by atoms with E-state index in [0.717, 1.165) is 46.2 Å². The van der Waals surface area contributed by atoms with Crippen LogP contribution in [-0.2, 0) is 46.6 Å². The molecule has 0 saturated heterocycles. The minimum absolute atomic E-state index is 0.0825. The van der Waals surface area contributed by atoms with Crippen LogP contribution in [0.25, 0.3) is 11.0 Å². The van der Waals surface area contributed by atoms with E-state index in [0.29, 0.717) is 10.7 Å². The third-order valence-electron chi connectivity index (χ3n) is 6.16. The predicted octanol–water partition coefficient (Wildman–Crippen LogP) is 5.46. The number of hydrogen-bond donors (Lipinski definition) is 1. The van der Waals surface area contributed by atoms with Gasteiger partial charge in [0.2, 0.25) is 5.91 Å². The number of hydrogen-bond acceptors (Lipinski definition) is 6. The molecule has 4 aromatic rings. The highest BCUT2D eigenvalue weighted by Gasteiger charge is 2.18. The van der Waals surface area contributed by atoms with Gasteiger partial charge >= 0.3 is 5.97 Å². The summed E-state index contributed by atoms with van der Waals surface area (Å²) in [7, 11) is 0. The van der Waals surface area contributed by atoms with Crippen molar-refractivity contribution < 1.29 is 18.7 Å². The lowest BCUT2D eigenvalue weighted by Crippen LogP contribution is -2.15. The molecule has 7 heteroatoms. The average Bonchev–Trinajstić information content (AvgIpc) is 3.54. The quantitative estimate of drug-likeness (QED) is 0.360. The number of aromatic nitrogens is 1. The topological polar surface area (TPSA) is 81.4 Å². The van der Waals surface area contributed by atoms with Crippen LogP contribution in [0.5, 0.6) is 0 Å². The maximum absolute atomic E-state index is 12.5. The second-order valence-corrected chi connectivity index (χ2v) is 9.79. The zero-order chi connectivity index (χ0) is 23.7. The second-order valence-electron chi connectivity index (χ2n) is 8.84. The van der Waals surface area contributed by atoms with Crippen LogP contribution in [0.4, 0.5) is 5.69 Å². The van der Waals surface area contributed by atoms with Crippen molar-refractivity contribution >= 4 is 39.9 Å². The molecule has 0 unspecified atom stereocenters. The number of esters is 1. The molecule has 174 valence electrons. The first-order chi connectivity index (χ1) is 16.4. The molecule has 0 spiro atoms. The summed E-state index contributed by atoms with van der Waals surface area (Å²) in [6.45, 7) is 4.04. The fourth-order valence-electron chi connectivity index (χ4n) is 4.34. The van der Waals surface area contributed by atoms with Gasteiger partial charge in [-0.25, -0.2) is 4.98 Å². The molecule has 0 bridgehead atoms. The van der Waals surface area contributed by atoms with Crippen LogP contribution in [-0.4, -0.2) is 16.9 Å². The van der Waals surface area contributed by atoms with Crippen LogP contribution in [0.15, 0.2) is 46.4 Å². The fourth-order valence-corrected chi connectivity index (χ4v) is 5.12. The van der Waals surface area contributed by atoms with Crippen LogP contribution >= 0.6 is 11.3 Å². The number of rotatable bonds is 7. The van der Waals surface area contributed by atoms with E-state index in [1.165, 1.54) is 28.9 Å². The Morgan fingerprint density at radius 1 is 1.12 bits per heavy atom. The zero-order valence-corrected chi connectivity index (χ0v) is 20.1. The first-order valence-corrected chi connectivity index (χ1v) is 12.3. The van der Waals surface area contributed by atoms with Crippen molar-refractivity contribution in [2.45, 2.75) is 52.6 Å². The molecule has 6 nitrogen and oxygen atoms in total. The molecule has 0 saturated carbocycles. The van der Waals surface area contributed by atoms with Crippen LogP contribution in [0.1, 0.15) is 44.9 Å². The van der Waals surface area contributed by atoms with Crippen molar-refractivity contribution in [1.29, 1.82) is 0 Å². The van der Waals surface area contributed by atoms with Crippen LogP contribution in [0.3, 0.4) is 0 Å². The molecule has 1 aliphatic carbocycles. The van der Waals surface area contributed by atoms with Gasteiger partial charge in [0.25, 0.3) is 0 Å². The van der Waals surface area contributed by atoms with Crippen molar-refractivity contribution in [2.75, 3.05) is 5.32 Å². The Morgan fingerprint density at radius 2 is 1.94 bits per heavy atom. The van der Waals surface area contributed by atoms with Crippen molar-refractivity contribution in [1.82, 2.24) is 4.98 Å². The Bertz CT molecular complexity index is 1380. The van der Waals surface area contributed by atoms with E-state index >= 15 is 0 Å². The number of ether oxygens (including phenoxy) is 1. The van der Waals surface area contributed by atoms with Crippen molar-refractivity contribution in [3.63, 3.8) is 0 Å². The fraction of sp³-hybridized carbons (Fsp3) is 0.296. The molecule has 2 heterocycles. The standard InChI is InChI=1S/C27H26N2O4S/c1-16-6-7-17(2)23(8-16)29-25(30)12-26-28-21(15-34-26)14-33-27(31)11-20-13-32-24-10-19-5-3-4-18(19)9-22(20)24/h6-10,13,15H,3-5,11-12,14H2,1-2H3,(H,29,30). The van der Waals surface area contributed by atoms with E-state index in [-0.39, 0.29) is 31.3 Å². The highest BCUT2D eigenvalue weighted by molar-refractivity contribution is 7.09. The molecule has 1 N–H and O–H groups in total. The maximum atomic E-state index is 12.5. The van der Waals surface area contributed by atoms with Gasteiger partial charge in [0.15, 0.2) is 0 Å². The van der Waals surface area contributed by atoms with Crippen molar-refractivity contribution in [2.24, 2.45) is 0 Å². The summed E-state index contributed by atoms with van der Waals surface area (Å²) in [4.78, 5) is 29.3. The number of nitrogens with zero attached hydrogens (tertiary/aromatic N) is 1. The molecule has 0 fully saturated rings. The Balaban J connectivity index is 1.15. The summed E-state index contributed by atoms with van der Waals surface area (Å²) in [6.07, 6.45) is 5.32. The largest absolute Gasteiger partial charge is 0.464 e. The zero-order valence-electron chi connectivity index (χ0n) is 19.3. The monoisotopic (exact) mass is 474 g/mol. The SMILES string of the molecule is Cc1ccc(C)c(NC(=O)Cc2nc(COC(=O)Cc3coc4cc5c(cc34)CCC5)cs2)c1. The summed E-state index contributed by atoms with van der Waals surface area (Å²) in [5.41, 5.74) is 7.92. The molecular formula is C27H26N2O4S. The lowest BCUT2D eigenvalue weighted by Gasteiger charge is -2.08. The van der Waals surface area contributed by atoms with Crippen LogP contribution in [0, 0.1) is 13.8 Å². The molecule has 2 aromatic heterocycles. The third-order valence-corrected chi connectivity index (χ3v) is 7.06. The molecule has 0 radical (unpaired) electrons. The van der Waals surface area contributed by atoms with E-state index in [1.54, 1.807) is 6.26 Å². The summed E-state index contributed by atoms with van der Waals surface area (Å²) in [5, 5.41) is 6.44. The van der Waals surface area contributed by atoms with Crippen LogP contribution < -0.4 is 5.32 Å². The minimum atomic E-state index is -0.328. The van der Waals surface area contributed by atoms with Gasteiger partial charge < -0.3 is 14.5 Å². The van der Waals surface area contributed by atoms with E-state index in [9.17, 15) is 9.59 Å². The highest BCUT2D eigenvalue weighted by atomic mass is 32.1. The Labute approximate surface area is 202 Å². The van der Waals surface area contributed by atoms with Crippen molar-refractivity contribution in [3.05, 3.63) is 80.5 Å². The summed E-state index contributed by atoms with van der Waals surface area (Å²) in [5.74, 6) is -0.449. The van der Waals surface area contributed by atoms with E-state index in [1.807, 2.05) is 37.4 Å².